The Hall–Kier alpha value is -4.39. The van der Waals surface area contributed by atoms with Crippen LogP contribution in [0.25, 0.3) is 11.1 Å². The fraction of sp³-hybridized carbons (Fsp3) is 0.148. The van der Waals surface area contributed by atoms with Crippen LogP contribution in [-0.2, 0) is 14.3 Å². The largest absolute Gasteiger partial charge is 0.478 e. The van der Waals surface area contributed by atoms with Crippen molar-refractivity contribution in [2.24, 2.45) is 0 Å². The summed E-state index contributed by atoms with van der Waals surface area (Å²) in [7, 11) is 0. The zero-order valence-corrected chi connectivity index (χ0v) is 18.3. The van der Waals surface area contributed by atoms with Gasteiger partial charge in [0.1, 0.15) is 12.6 Å². The number of hydrogen-bond donors (Lipinski definition) is 3. The number of hydrogen-bond acceptors (Lipinski definition) is 4. The second kappa shape index (κ2) is 10.5. The van der Waals surface area contributed by atoms with Crippen molar-refractivity contribution in [3.63, 3.8) is 0 Å². The molecule has 0 unspecified atom stereocenters. The van der Waals surface area contributed by atoms with Gasteiger partial charge in [0.15, 0.2) is 0 Å². The monoisotopic (exact) mass is 456 g/mol. The van der Waals surface area contributed by atoms with Crippen LogP contribution in [-0.4, -0.2) is 36.2 Å². The fourth-order valence-electron chi connectivity index (χ4n) is 4.12. The van der Waals surface area contributed by atoms with Gasteiger partial charge in [0.05, 0.1) is 0 Å². The molecule has 0 fully saturated rings. The molecule has 172 valence electrons. The first-order valence-electron chi connectivity index (χ1n) is 10.9. The Kier molecular flexibility index (Phi) is 7.03. The van der Waals surface area contributed by atoms with Gasteiger partial charge in [-0.1, -0.05) is 84.9 Å². The first-order valence-corrected chi connectivity index (χ1v) is 10.9. The number of fused-ring (bicyclic) bond motifs is 3. The van der Waals surface area contributed by atoms with E-state index in [1.54, 1.807) is 30.3 Å². The minimum atomic E-state index is -1.11. The molecule has 3 aromatic rings. The molecule has 2 amide bonds. The fourth-order valence-corrected chi connectivity index (χ4v) is 4.12. The summed E-state index contributed by atoms with van der Waals surface area (Å²) in [6.45, 7) is 0.144. The molecule has 0 bridgehead atoms. The molecule has 0 aliphatic heterocycles. The van der Waals surface area contributed by atoms with Gasteiger partial charge >= 0.3 is 12.1 Å². The van der Waals surface area contributed by atoms with Crippen LogP contribution in [0, 0.1) is 0 Å². The van der Waals surface area contributed by atoms with Crippen molar-refractivity contribution in [1.82, 2.24) is 10.6 Å². The van der Waals surface area contributed by atoms with Gasteiger partial charge in [0.2, 0.25) is 5.91 Å². The number of alkyl carbamates (subject to hydrolysis) is 1. The van der Waals surface area contributed by atoms with Crippen molar-refractivity contribution in [3.05, 3.63) is 108 Å². The van der Waals surface area contributed by atoms with Crippen LogP contribution in [0.5, 0.6) is 0 Å². The van der Waals surface area contributed by atoms with Gasteiger partial charge in [-0.25, -0.2) is 9.59 Å². The van der Waals surface area contributed by atoms with E-state index in [0.717, 1.165) is 28.3 Å². The van der Waals surface area contributed by atoms with E-state index >= 15 is 0 Å². The van der Waals surface area contributed by atoms with Crippen LogP contribution >= 0.6 is 0 Å². The number of amides is 2. The van der Waals surface area contributed by atoms with Gasteiger partial charge < -0.3 is 20.5 Å². The predicted octanol–water partition coefficient (Wildman–Crippen LogP) is 4.02. The van der Waals surface area contributed by atoms with Gasteiger partial charge in [-0.2, -0.15) is 0 Å². The van der Waals surface area contributed by atoms with Crippen LogP contribution in [0.1, 0.15) is 28.7 Å². The Balaban J connectivity index is 1.44. The highest BCUT2D eigenvalue weighted by Crippen LogP contribution is 2.44. The van der Waals surface area contributed by atoms with Gasteiger partial charge in [-0.3, -0.25) is 4.79 Å². The van der Waals surface area contributed by atoms with E-state index in [0.29, 0.717) is 5.56 Å². The molecule has 7 nitrogen and oxygen atoms in total. The quantitative estimate of drug-likeness (QED) is 0.444. The molecule has 0 aromatic heterocycles. The maximum absolute atomic E-state index is 12.7. The highest BCUT2D eigenvalue weighted by atomic mass is 16.5. The zero-order valence-electron chi connectivity index (χ0n) is 18.3. The Morgan fingerprint density at radius 2 is 1.47 bits per heavy atom. The third-order valence-electron chi connectivity index (χ3n) is 5.66. The van der Waals surface area contributed by atoms with Gasteiger partial charge in [0, 0.05) is 18.5 Å². The average molecular weight is 456 g/mol. The van der Waals surface area contributed by atoms with Crippen molar-refractivity contribution >= 4 is 18.0 Å². The second-order valence-corrected chi connectivity index (χ2v) is 7.80. The molecule has 0 saturated heterocycles. The summed E-state index contributed by atoms with van der Waals surface area (Å²) < 4.78 is 5.58. The van der Waals surface area contributed by atoms with Gasteiger partial charge in [-0.15, -0.1) is 0 Å². The molecule has 1 aliphatic carbocycles. The summed E-state index contributed by atoms with van der Waals surface area (Å²) in [5, 5.41) is 13.9. The first-order chi connectivity index (χ1) is 16.5. The third-order valence-corrected chi connectivity index (χ3v) is 5.66. The number of aliphatic carboxylic acids is 1. The standard InChI is InChI=1S/C27H24N2O5/c30-24(31)15-8-16-28-26(32)25(18-9-2-1-3-10-18)29-27(33)34-17-23-21-13-6-4-11-19(21)20-12-5-7-14-22(20)23/h1-15,23,25H,16-17H2,(H,28,32)(H,29,33)(H,30,31)/b15-8+/t25-/m1/s1. The van der Waals surface area contributed by atoms with Crippen LogP contribution < -0.4 is 10.6 Å². The molecule has 4 rings (SSSR count). The van der Waals surface area contributed by atoms with Gasteiger partial charge in [0.25, 0.3) is 0 Å². The molecule has 3 N–H and O–H groups in total. The summed E-state index contributed by atoms with van der Waals surface area (Å²) in [4.78, 5) is 36.1. The van der Waals surface area contributed by atoms with Crippen molar-refractivity contribution < 1.29 is 24.2 Å². The molecule has 0 saturated carbocycles. The molecular formula is C27H24N2O5. The summed E-state index contributed by atoms with van der Waals surface area (Å²) in [6, 6.07) is 23.9. The van der Waals surface area contributed by atoms with Crippen molar-refractivity contribution in [3.8, 4) is 11.1 Å². The summed E-state index contributed by atoms with van der Waals surface area (Å²) in [6.07, 6.45) is 1.54. The molecule has 7 heteroatoms. The van der Waals surface area contributed by atoms with Gasteiger partial charge in [-0.05, 0) is 27.8 Å². The molecule has 3 aromatic carbocycles. The Morgan fingerprint density at radius 1 is 0.882 bits per heavy atom. The Morgan fingerprint density at radius 3 is 2.09 bits per heavy atom. The average Bonchev–Trinajstić information content (AvgIpc) is 3.18. The number of nitrogens with one attached hydrogen (secondary N) is 2. The molecular weight excluding hydrogens is 432 g/mol. The van der Waals surface area contributed by atoms with Crippen LogP contribution in [0.2, 0.25) is 0 Å². The predicted molar refractivity (Wildman–Crippen MR) is 127 cm³/mol. The lowest BCUT2D eigenvalue weighted by atomic mass is 9.98. The van der Waals surface area contributed by atoms with E-state index in [4.69, 9.17) is 9.84 Å². The highest BCUT2D eigenvalue weighted by molar-refractivity contribution is 5.87. The van der Waals surface area contributed by atoms with E-state index in [1.807, 2.05) is 36.4 Å². The lowest BCUT2D eigenvalue weighted by molar-refractivity contribution is -0.131. The van der Waals surface area contributed by atoms with Crippen LogP contribution in [0.4, 0.5) is 4.79 Å². The Bertz CT molecular complexity index is 1180. The number of carbonyl (C=O) groups is 3. The summed E-state index contributed by atoms with van der Waals surface area (Å²) >= 11 is 0. The van der Waals surface area contributed by atoms with E-state index in [-0.39, 0.29) is 19.1 Å². The number of carboxylic acids is 1. The molecule has 34 heavy (non-hydrogen) atoms. The van der Waals surface area contributed by atoms with E-state index in [9.17, 15) is 14.4 Å². The molecule has 0 radical (unpaired) electrons. The minimum Gasteiger partial charge on any atom is -0.478 e. The normalized spacial score (nSPS) is 13.1. The third kappa shape index (κ3) is 5.15. The number of benzene rings is 3. The van der Waals surface area contributed by atoms with E-state index in [2.05, 4.69) is 22.8 Å². The number of carbonyl (C=O) groups excluding carboxylic acids is 2. The highest BCUT2D eigenvalue weighted by Gasteiger charge is 2.30. The van der Waals surface area contributed by atoms with Crippen LogP contribution in [0.15, 0.2) is 91.0 Å². The molecule has 0 heterocycles. The van der Waals surface area contributed by atoms with E-state index < -0.39 is 24.0 Å². The Labute approximate surface area is 197 Å². The lowest BCUT2D eigenvalue weighted by Crippen LogP contribution is -2.41. The van der Waals surface area contributed by atoms with E-state index in [1.165, 1.54) is 6.08 Å². The molecule has 1 atom stereocenters. The van der Waals surface area contributed by atoms with Crippen LogP contribution in [0.3, 0.4) is 0 Å². The number of carboxylic acid groups (broad SMARTS) is 1. The maximum atomic E-state index is 12.7. The number of ether oxygens (including phenoxy) is 1. The second-order valence-electron chi connectivity index (χ2n) is 7.80. The topological polar surface area (TPSA) is 105 Å². The summed E-state index contributed by atoms with van der Waals surface area (Å²) in [5.41, 5.74) is 5.03. The maximum Gasteiger partial charge on any atom is 0.408 e. The summed E-state index contributed by atoms with van der Waals surface area (Å²) in [5.74, 6) is -1.68. The number of rotatable bonds is 8. The van der Waals surface area contributed by atoms with Crippen molar-refractivity contribution in [2.75, 3.05) is 13.2 Å². The van der Waals surface area contributed by atoms with Crippen molar-refractivity contribution in [2.45, 2.75) is 12.0 Å². The van der Waals surface area contributed by atoms with Crippen molar-refractivity contribution in [1.29, 1.82) is 0 Å². The SMILES string of the molecule is O=C(O)/C=C/CNC(=O)[C@H](NC(=O)OCC1c2ccccc2-c2ccccc21)c1ccccc1. The molecule has 0 spiro atoms. The molecule has 1 aliphatic rings. The minimum absolute atomic E-state index is 0.0147. The first kappa shape index (κ1) is 22.8. The lowest BCUT2D eigenvalue weighted by Gasteiger charge is -2.20. The smallest absolute Gasteiger partial charge is 0.408 e. The zero-order chi connectivity index (χ0) is 23.9.